The van der Waals surface area contributed by atoms with Gasteiger partial charge in [0.15, 0.2) is 5.75 Å². The molecule has 1 fully saturated rings. The van der Waals surface area contributed by atoms with Crippen molar-refractivity contribution in [3.05, 3.63) is 48.0 Å². The Labute approximate surface area is 182 Å². The summed E-state index contributed by atoms with van der Waals surface area (Å²) in [5, 5.41) is 0. The molecule has 0 radical (unpaired) electrons. The molecule has 0 atom stereocenters. The van der Waals surface area contributed by atoms with E-state index in [0.717, 1.165) is 19.8 Å². The minimum atomic E-state index is -4.31. The number of nitrogens with one attached hydrogen (secondary N) is 1. The van der Waals surface area contributed by atoms with Crippen molar-refractivity contribution in [3.63, 3.8) is 0 Å². The van der Waals surface area contributed by atoms with E-state index in [1.807, 2.05) is 15.7 Å². The normalized spacial score (nSPS) is 13.9. The molecular formula is C22H26N2O6S. The number of anilines is 1. The van der Waals surface area contributed by atoms with Gasteiger partial charge in [0, 0.05) is 20.0 Å². The lowest BCUT2D eigenvalue weighted by Gasteiger charge is -2.24. The van der Waals surface area contributed by atoms with Crippen LogP contribution in [0.15, 0.2) is 47.4 Å². The lowest BCUT2D eigenvalue weighted by Crippen LogP contribution is -2.29. The number of nitrogens with zero attached hydrogens (tertiary/aromatic N) is 1. The molecule has 2 aromatic rings. The molecule has 8 nitrogen and oxygen atoms in total. The Morgan fingerprint density at radius 1 is 1.06 bits per heavy atom. The zero-order valence-corrected chi connectivity index (χ0v) is 18.6. The predicted molar refractivity (Wildman–Crippen MR) is 116 cm³/mol. The van der Waals surface area contributed by atoms with E-state index in [2.05, 4.69) is 0 Å². The monoisotopic (exact) mass is 446 g/mol. The molecule has 1 N–H and O–H groups in total. The van der Waals surface area contributed by atoms with E-state index >= 15 is 0 Å². The Morgan fingerprint density at radius 3 is 2.29 bits per heavy atom. The third-order valence-corrected chi connectivity index (χ3v) is 6.03. The average Bonchev–Trinajstić information content (AvgIpc) is 3.21. The molecule has 1 aliphatic rings. The molecule has 166 valence electrons. The number of hydrogen-bond acceptors (Lipinski definition) is 7. The SMILES string of the molecule is CC(=O)NS(=O)(=O)c1cc(C(=O)OC(C)C)cc(N2CCCC2)c1Oc1ccccc1. The Hall–Kier alpha value is -3.07. The Bertz CT molecular complexity index is 1060. The van der Waals surface area contributed by atoms with Crippen molar-refractivity contribution in [1.82, 2.24) is 4.72 Å². The van der Waals surface area contributed by atoms with Gasteiger partial charge in [-0.15, -0.1) is 0 Å². The second-order valence-electron chi connectivity index (χ2n) is 7.55. The Kier molecular flexibility index (Phi) is 6.84. The third kappa shape index (κ3) is 5.55. The minimum absolute atomic E-state index is 0.0583. The van der Waals surface area contributed by atoms with Gasteiger partial charge in [0.05, 0.1) is 17.4 Å². The molecule has 0 bridgehead atoms. The van der Waals surface area contributed by atoms with Crippen LogP contribution in [0.5, 0.6) is 11.5 Å². The summed E-state index contributed by atoms with van der Waals surface area (Å²) in [4.78, 5) is 25.9. The number of benzene rings is 2. The number of para-hydroxylation sites is 1. The number of amides is 1. The van der Waals surface area contributed by atoms with Crippen LogP contribution in [0.4, 0.5) is 5.69 Å². The fourth-order valence-corrected chi connectivity index (χ4v) is 4.49. The molecule has 3 rings (SSSR count). The molecule has 0 aliphatic carbocycles. The Balaban J connectivity index is 2.23. The van der Waals surface area contributed by atoms with Crippen LogP contribution in [0.2, 0.25) is 0 Å². The van der Waals surface area contributed by atoms with Gasteiger partial charge in [-0.1, -0.05) is 18.2 Å². The van der Waals surface area contributed by atoms with Crippen LogP contribution in [0, 0.1) is 0 Å². The molecule has 2 aromatic carbocycles. The van der Waals surface area contributed by atoms with Gasteiger partial charge < -0.3 is 14.4 Å². The predicted octanol–water partition coefficient (Wildman–Crippen LogP) is 3.47. The summed E-state index contributed by atoms with van der Waals surface area (Å²) in [5.41, 5.74) is 0.531. The molecule has 1 amide bonds. The van der Waals surface area contributed by atoms with Crippen molar-refractivity contribution in [2.45, 2.75) is 44.6 Å². The number of carbonyl (C=O) groups excluding carboxylic acids is 2. The first-order valence-electron chi connectivity index (χ1n) is 10.1. The molecule has 0 saturated carbocycles. The number of carbonyl (C=O) groups is 2. The lowest BCUT2D eigenvalue weighted by atomic mass is 10.1. The quantitative estimate of drug-likeness (QED) is 0.650. The molecule has 0 aromatic heterocycles. The molecule has 0 spiro atoms. The summed E-state index contributed by atoms with van der Waals surface area (Å²) >= 11 is 0. The van der Waals surface area contributed by atoms with Gasteiger partial charge in [-0.2, -0.15) is 0 Å². The highest BCUT2D eigenvalue weighted by Crippen LogP contribution is 2.41. The van der Waals surface area contributed by atoms with Gasteiger partial charge in [0.2, 0.25) is 5.91 Å². The highest BCUT2D eigenvalue weighted by atomic mass is 32.2. The molecule has 0 unspecified atom stereocenters. The van der Waals surface area contributed by atoms with Crippen LogP contribution in [-0.2, 0) is 19.6 Å². The molecule has 31 heavy (non-hydrogen) atoms. The summed E-state index contributed by atoms with van der Waals surface area (Å²) in [5.74, 6) is -0.910. The van der Waals surface area contributed by atoms with Crippen molar-refractivity contribution in [3.8, 4) is 11.5 Å². The molecular weight excluding hydrogens is 420 g/mol. The van der Waals surface area contributed by atoms with Gasteiger partial charge in [-0.3, -0.25) is 4.79 Å². The van der Waals surface area contributed by atoms with Crippen molar-refractivity contribution < 1.29 is 27.5 Å². The highest BCUT2D eigenvalue weighted by molar-refractivity contribution is 7.90. The van der Waals surface area contributed by atoms with Gasteiger partial charge >= 0.3 is 5.97 Å². The number of ether oxygens (including phenoxy) is 2. The van der Waals surface area contributed by atoms with Crippen molar-refractivity contribution >= 4 is 27.6 Å². The average molecular weight is 447 g/mol. The number of rotatable bonds is 7. The van der Waals surface area contributed by atoms with E-state index in [1.165, 1.54) is 6.07 Å². The zero-order valence-electron chi connectivity index (χ0n) is 17.8. The second-order valence-corrected chi connectivity index (χ2v) is 9.20. The van der Waals surface area contributed by atoms with Crippen LogP contribution in [-0.4, -0.2) is 39.5 Å². The first-order chi connectivity index (χ1) is 14.7. The first kappa shape index (κ1) is 22.6. The van der Waals surface area contributed by atoms with Crippen LogP contribution in [0.25, 0.3) is 0 Å². The van der Waals surface area contributed by atoms with Gasteiger partial charge in [-0.05, 0) is 51.0 Å². The van der Waals surface area contributed by atoms with E-state index in [4.69, 9.17) is 9.47 Å². The summed E-state index contributed by atoms with van der Waals surface area (Å²) < 4.78 is 39.3. The maximum atomic E-state index is 13.0. The minimum Gasteiger partial charge on any atom is -0.459 e. The fraction of sp³-hybridized carbons (Fsp3) is 0.364. The largest absolute Gasteiger partial charge is 0.459 e. The fourth-order valence-electron chi connectivity index (χ4n) is 3.33. The van der Waals surface area contributed by atoms with Crippen LogP contribution in [0.3, 0.4) is 0 Å². The van der Waals surface area contributed by atoms with E-state index in [1.54, 1.807) is 44.2 Å². The number of esters is 1. The van der Waals surface area contributed by atoms with Gasteiger partial charge in [-0.25, -0.2) is 17.9 Å². The van der Waals surface area contributed by atoms with E-state index < -0.39 is 21.9 Å². The van der Waals surface area contributed by atoms with Crippen LogP contribution >= 0.6 is 0 Å². The maximum Gasteiger partial charge on any atom is 0.338 e. The van der Waals surface area contributed by atoms with Crippen molar-refractivity contribution in [1.29, 1.82) is 0 Å². The number of hydrogen-bond donors (Lipinski definition) is 1. The zero-order chi connectivity index (χ0) is 22.6. The lowest BCUT2D eigenvalue weighted by molar-refractivity contribution is -0.117. The van der Waals surface area contributed by atoms with Gasteiger partial charge in [0.25, 0.3) is 10.0 Å². The first-order valence-corrected chi connectivity index (χ1v) is 11.6. The van der Waals surface area contributed by atoms with Crippen molar-refractivity contribution in [2.75, 3.05) is 18.0 Å². The summed E-state index contributed by atoms with van der Waals surface area (Å²) in [6.45, 7) is 5.90. The molecule has 1 heterocycles. The summed E-state index contributed by atoms with van der Waals surface area (Å²) in [6.07, 6.45) is 1.48. The highest BCUT2D eigenvalue weighted by Gasteiger charge is 2.30. The van der Waals surface area contributed by atoms with E-state index in [-0.39, 0.29) is 22.3 Å². The van der Waals surface area contributed by atoms with E-state index in [9.17, 15) is 18.0 Å². The smallest absolute Gasteiger partial charge is 0.338 e. The van der Waals surface area contributed by atoms with Crippen molar-refractivity contribution in [2.24, 2.45) is 0 Å². The molecule has 9 heteroatoms. The third-order valence-electron chi connectivity index (χ3n) is 4.59. The van der Waals surface area contributed by atoms with Crippen LogP contribution in [0.1, 0.15) is 44.0 Å². The number of sulfonamides is 1. The standard InChI is InChI=1S/C22H26N2O6S/c1-15(2)29-22(26)17-13-19(24-11-7-8-12-24)21(30-18-9-5-4-6-10-18)20(14-17)31(27,28)23-16(3)25/h4-6,9-10,13-15H,7-8,11-12H2,1-3H3,(H,23,25). The molecule has 1 aliphatic heterocycles. The van der Waals surface area contributed by atoms with Crippen LogP contribution < -0.4 is 14.4 Å². The summed E-state index contributed by atoms with van der Waals surface area (Å²) in [7, 11) is -4.31. The van der Waals surface area contributed by atoms with E-state index in [0.29, 0.717) is 24.5 Å². The Morgan fingerprint density at radius 2 is 1.71 bits per heavy atom. The van der Waals surface area contributed by atoms with Gasteiger partial charge in [0.1, 0.15) is 10.6 Å². The maximum absolute atomic E-state index is 13.0. The topological polar surface area (TPSA) is 102 Å². The second kappa shape index (κ2) is 9.38. The summed E-state index contributed by atoms with van der Waals surface area (Å²) in [6, 6.07) is 11.5. The molecule has 1 saturated heterocycles.